The molecule has 5 nitrogen and oxygen atoms in total. The Kier molecular flexibility index (Phi) is 3.58. The van der Waals surface area contributed by atoms with E-state index in [2.05, 4.69) is 6.07 Å². The molecule has 0 aliphatic heterocycles. The normalized spacial score (nSPS) is 19.9. The molecule has 1 aromatic rings. The highest BCUT2D eigenvalue weighted by Gasteiger charge is 2.55. The zero-order valence-electron chi connectivity index (χ0n) is 10.6. The maximum Gasteiger partial charge on any atom is 0.328 e. The van der Waals surface area contributed by atoms with E-state index in [1.54, 1.807) is 0 Å². The van der Waals surface area contributed by atoms with Crippen LogP contribution in [0, 0.1) is 17.2 Å². The molecule has 0 N–H and O–H groups in total. The number of carbonyl (C=O) groups is 2. The van der Waals surface area contributed by atoms with E-state index in [4.69, 9.17) is 14.7 Å². The van der Waals surface area contributed by atoms with Gasteiger partial charge in [-0.1, -0.05) is 0 Å². The minimum Gasteiger partial charge on any atom is -0.468 e. The van der Waals surface area contributed by atoms with Gasteiger partial charge in [0.1, 0.15) is 0 Å². The highest BCUT2D eigenvalue weighted by Crippen LogP contribution is 2.44. The molecule has 1 aromatic heterocycles. The van der Waals surface area contributed by atoms with Gasteiger partial charge < -0.3 is 9.47 Å². The summed E-state index contributed by atoms with van der Waals surface area (Å²) in [5, 5.41) is 11.0. The molecule has 0 spiro atoms. The lowest BCUT2D eigenvalue weighted by Gasteiger charge is -2.33. The maximum absolute atomic E-state index is 12.2. The van der Waals surface area contributed by atoms with Crippen molar-refractivity contribution in [2.75, 3.05) is 14.2 Å². The average molecular weight is 279 g/mol. The zero-order chi connectivity index (χ0) is 14.0. The molecule has 19 heavy (non-hydrogen) atoms. The van der Waals surface area contributed by atoms with E-state index in [1.807, 2.05) is 11.4 Å². The number of nitrogens with zero attached hydrogens (tertiary/aromatic N) is 1. The minimum atomic E-state index is -1.49. The Morgan fingerprint density at radius 2 is 2.05 bits per heavy atom. The first kappa shape index (κ1) is 13.6. The van der Waals surface area contributed by atoms with Crippen LogP contribution < -0.4 is 0 Å². The second-order valence-corrected chi connectivity index (χ2v) is 5.31. The summed E-state index contributed by atoms with van der Waals surface area (Å²) in [6.07, 6.45) is 0.654. The third kappa shape index (κ3) is 1.90. The zero-order valence-corrected chi connectivity index (χ0v) is 11.5. The predicted octanol–water partition coefficient (Wildman–Crippen LogP) is 1.42. The largest absolute Gasteiger partial charge is 0.468 e. The summed E-state index contributed by atoms with van der Waals surface area (Å²) < 4.78 is 9.59. The van der Waals surface area contributed by atoms with E-state index in [-0.39, 0.29) is 6.42 Å². The van der Waals surface area contributed by atoms with Gasteiger partial charge >= 0.3 is 11.9 Å². The lowest BCUT2D eigenvalue weighted by Crippen LogP contribution is -2.49. The van der Waals surface area contributed by atoms with Gasteiger partial charge in [0.25, 0.3) is 0 Å². The first-order chi connectivity index (χ1) is 9.09. The maximum atomic E-state index is 12.2. The molecule has 0 bridgehead atoms. The van der Waals surface area contributed by atoms with Gasteiger partial charge in [0.15, 0.2) is 0 Å². The van der Waals surface area contributed by atoms with E-state index in [0.29, 0.717) is 11.3 Å². The predicted molar refractivity (Wildman–Crippen MR) is 67.5 cm³/mol. The number of esters is 2. The van der Waals surface area contributed by atoms with Crippen molar-refractivity contribution in [3.63, 3.8) is 0 Å². The molecular weight excluding hydrogens is 266 g/mol. The van der Waals surface area contributed by atoms with Gasteiger partial charge in [0.2, 0.25) is 5.41 Å². The third-order valence-corrected chi connectivity index (χ3v) is 4.52. The summed E-state index contributed by atoms with van der Waals surface area (Å²) in [6.45, 7) is 0. The number of fused-ring (bicyclic) bond motifs is 1. The van der Waals surface area contributed by atoms with Crippen molar-refractivity contribution >= 4 is 23.3 Å². The monoisotopic (exact) mass is 279 g/mol. The van der Waals surface area contributed by atoms with Crippen LogP contribution in [0.2, 0.25) is 0 Å². The second-order valence-electron chi connectivity index (χ2n) is 4.40. The Morgan fingerprint density at radius 1 is 1.42 bits per heavy atom. The number of hydrogen-bond donors (Lipinski definition) is 0. The second kappa shape index (κ2) is 5.02. The minimum absolute atomic E-state index is 0.107. The molecule has 100 valence electrons. The highest BCUT2D eigenvalue weighted by molar-refractivity contribution is 7.10. The van der Waals surface area contributed by atoms with E-state index in [9.17, 15) is 9.59 Å². The molecule has 1 unspecified atom stereocenters. The van der Waals surface area contributed by atoms with Crippen LogP contribution >= 0.6 is 11.3 Å². The smallest absolute Gasteiger partial charge is 0.328 e. The van der Waals surface area contributed by atoms with Crippen molar-refractivity contribution in [3.8, 4) is 6.07 Å². The Bertz CT molecular complexity index is 541. The fourth-order valence-corrected chi connectivity index (χ4v) is 3.67. The van der Waals surface area contributed by atoms with Crippen LogP contribution in [0.5, 0.6) is 0 Å². The number of ether oxygens (including phenoxy) is 2. The molecule has 0 saturated heterocycles. The Hall–Kier alpha value is -1.87. The number of rotatable bonds is 2. The fraction of sp³-hybridized carbons (Fsp3) is 0.462. The van der Waals surface area contributed by atoms with Crippen LogP contribution in [0.15, 0.2) is 11.4 Å². The van der Waals surface area contributed by atoms with E-state index in [1.165, 1.54) is 25.6 Å². The van der Waals surface area contributed by atoms with Crippen LogP contribution in [0.1, 0.15) is 16.9 Å². The van der Waals surface area contributed by atoms with Crippen molar-refractivity contribution in [1.82, 2.24) is 0 Å². The molecule has 1 aliphatic rings. The number of nitriles is 1. The first-order valence-corrected chi connectivity index (χ1v) is 6.61. The van der Waals surface area contributed by atoms with Crippen LogP contribution in [-0.2, 0) is 30.9 Å². The lowest BCUT2D eigenvalue weighted by molar-refractivity contribution is -0.163. The fourth-order valence-electron chi connectivity index (χ4n) is 2.55. The summed E-state index contributed by atoms with van der Waals surface area (Å²) in [4.78, 5) is 25.0. The molecule has 6 heteroatoms. The summed E-state index contributed by atoms with van der Waals surface area (Å²) in [5.74, 6) is -1.73. The topological polar surface area (TPSA) is 76.4 Å². The summed E-state index contributed by atoms with van der Waals surface area (Å²) in [5.41, 5.74) is -0.648. The van der Waals surface area contributed by atoms with E-state index < -0.39 is 23.3 Å². The van der Waals surface area contributed by atoms with E-state index >= 15 is 0 Å². The van der Waals surface area contributed by atoms with Gasteiger partial charge in [-0.05, 0) is 29.9 Å². The van der Waals surface area contributed by atoms with Gasteiger partial charge in [0.05, 0.1) is 26.2 Å². The molecule has 0 radical (unpaired) electrons. The number of carbonyl (C=O) groups excluding carboxylic acids is 2. The lowest BCUT2D eigenvalue weighted by atomic mass is 9.70. The molecule has 0 amide bonds. The number of thiophene rings is 1. The van der Waals surface area contributed by atoms with E-state index in [0.717, 1.165) is 5.56 Å². The SMILES string of the molecule is COC(=O)C1(C(=O)OC)CC(C#N)Cc2ccsc21. The molecule has 1 aliphatic carbocycles. The van der Waals surface area contributed by atoms with Gasteiger partial charge in [0, 0.05) is 4.88 Å². The molecular formula is C13H13NO4S. The summed E-state index contributed by atoms with van der Waals surface area (Å²) >= 11 is 1.32. The Labute approximate surface area is 114 Å². The van der Waals surface area contributed by atoms with Crippen molar-refractivity contribution in [2.24, 2.45) is 5.92 Å². The number of methoxy groups -OCH3 is 2. The Morgan fingerprint density at radius 3 is 2.58 bits per heavy atom. The van der Waals surface area contributed by atoms with Crippen molar-refractivity contribution in [2.45, 2.75) is 18.3 Å². The van der Waals surface area contributed by atoms with Crippen molar-refractivity contribution in [3.05, 3.63) is 21.9 Å². The quantitative estimate of drug-likeness (QED) is 0.604. The van der Waals surface area contributed by atoms with Gasteiger partial charge in [-0.3, -0.25) is 9.59 Å². The highest BCUT2D eigenvalue weighted by atomic mass is 32.1. The molecule has 0 saturated carbocycles. The number of hydrogen-bond acceptors (Lipinski definition) is 6. The molecule has 1 atom stereocenters. The van der Waals surface area contributed by atoms with Crippen molar-refractivity contribution < 1.29 is 19.1 Å². The molecule has 0 fully saturated rings. The van der Waals surface area contributed by atoms with Gasteiger partial charge in [-0.15, -0.1) is 11.3 Å². The van der Waals surface area contributed by atoms with Crippen molar-refractivity contribution in [1.29, 1.82) is 5.26 Å². The van der Waals surface area contributed by atoms with Gasteiger partial charge in [-0.2, -0.15) is 5.26 Å². The molecule has 2 rings (SSSR count). The van der Waals surface area contributed by atoms with Crippen LogP contribution in [0.25, 0.3) is 0 Å². The third-order valence-electron chi connectivity index (χ3n) is 3.40. The van der Waals surface area contributed by atoms with Crippen LogP contribution in [0.3, 0.4) is 0 Å². The van der Waals surface area contributed by atoms with Crippen LogP contribution in [-0.4, -0.2) is 26.2 Å². The van der Waals surface area contributed by atoms with Crippen LogP contribution in [0.4, 0.5) is 0 Å². The molecule has 1 heterocycles. The summed E-state index contributed by atoms with van der Waals surface area (Å²) in [7, 11) is 2.46. The Balaban J connectivity index is 2.63. The summed E-state index contributed by atoms with van der Waals surface area (Å²) in [6, 6.07) is 3.97. The average Bonchev–Trinajstić information content (AvgIpc) is 2.92. The first-order valence-electron chi connectivity index (χ1n) is 5.73. The molecule has 0 aromatic carbocycles. The van der Waals surface area contributed by atoms with Gasteiger partial charge in [-0.25, -0.2) is 0 Å². The standard InChI is InChI=1S/C13H13NO4S/c1-17-11(15)13(12(16)18-2)6-8(7-14)5-9-3-4-19-10(9)13/h3-4,8H,5-6H2,1-2H3.